The predicted molar refractivity (Wildman–Crippen MR) is 82.4 cm³/mol. The number of anilines is 1. The first-order chi connectivity index (χ1) is 10.4. The lowest BCUT2D eigenvalue weighted by atomic mass is 10.2. The van der Waals surface area contributed by atoms with Crippen molar-refractivity contribution in [2.75, 3.05) is 11.9 Å². The number of ether oxygens (including phenoxy) is 1. The molecule has 1 aromatic rings. The van der Waals surface area contributed by atoms with Gasteiger partial charge in [-0.25, -0.2) is 9.59 Å². The van der Waals surface area contributed by atoms with E-state index in [2.05, 4.69) is 10.6 Å². The molecule has 0 radical (unpaired) electrons. The minimum Gasteiger partial charge on any atom is -0.452 e. The molecule has 3 amide bonds. The van der Waals surface area contributed by atoms with Crippen LogP contribution in [-0.2, 0) is 9.53 Å². The molecule has 0 unspecified atom stereocenters. The smallest absolute Gasteiger partial charge is 0.338 e. The van der Waals surface area contributed by atoms with E-state index >= 15 is 0 Å². The molecule has 0 aromatic heterocycles. The minimum atomic E-state index is -0.687. The Morgan fingerprint density at radius 2 is 1.86 bits per heavy atom. The summed E-state index contributed by atoms with van der Waals surface area (Å²) in [4.78, 5) is 34.0. The van der Waals surface area contributed by atoms with Crippen molar-refractivity contribution in [3.63, 3.8) is 0 Å². The Bertz CT molecular complexity index is 528. The van der Waals surface area contributed by atoms with Gasteiger partial charge in [0, 0.05) is 11.7 Å². The van der Waals surface area contributed by atoms with Gasteiger partial charge in [-0.2, -0.15) is 0 Å². The summed E-state index contributed by atoms with van der Waals surface area (Å²) in [6, 6.07) is 5.36. The van der Waals surface area contributed by atoms with Crippen LogP contribution < -0.4 is 16.4 Å². The number of nitrogens with two attached hydrogens (primary N) is 1. The van der Waals surface area contributed by atoms with Gasteiger partial charge in [0.2, 0.25) is 0 Å². The summed E-state index contributed by atoms with van der Waals surface area (Å²) >= 11 is 0. The first kappa shape index (κ1) is 17.5. The highest BCUT2D eigenvalue weighted by atomic mass is 16.5. The zero-order valence-corrected chi connectivity index (χ0v) is 12.7. The number of esters is 1. The number of hydrogen-bond acceptors (Lipinski definition) is 4. The average Bonchev–Trinajstić information content (AvgIpc) is 2.45. The van der Waals surface area contributed by atoms with Crippen molar-refractivity contribution in [2.24, 2.45) is 5.73 Å². The highest BCUT2D eigenvalue weighted by Gasteiger charge is 2.12. The van der Waals surface area contributed by atoms with Crippen molar-refractivity contribution in [1.82, 2.24) is 5.32 Å². The maximum atomic E-state index is 11.8. The van der Waals surface area contributed by atoms with Crippen molar-refractivity contribution in [2.45, 2.75) is 32.7 Å². The van der Waals surface area contributed by atoms with Crippen LogP contribution in [0.3, 0.4) is 0 Å². The number of rotatable bonds is 7. The van der Waals surface area contributed by atoms with Crippen LogP contribution in [0.15, 0.2) is 24.3 Å². The van der Waals surface area contributed by atoms with E-state index in [-0.39, 0.29) is 24.1 Å². The van der Waals surface area contributed by atoms with Gasteiger partial charge >= 0.3 is 12.0 Å². The van der Waals surface area contributed by atoms with Gasteiger partial charge in [-0.1, -0.05) is 13.3 Å². The number of primary amides is 1. The number of carbonyl (C=O) groups is 3. The average molecular weight is 307 g/mol. The molecule has 4 N–H and O–H groups in total. The van der Waals surface area contributed by atoms with Crippen molar-refractivity contribution in [3.05, 3.63) is 29.8 Å². The fraction of sp³-hybridized carbons (Fsp3) is 0.400. The summed E-state index contributed by atoms with van der Waals surface area (Å²) in [6.45, 7) is 3.60. The molecule has 0 aliphatic rings. The third-order valence-corrected chi connectivity index (χ3v) is 2.85. The van der Waals surface area contributed by atoms with Crippen LogP contribution in [0.5, 0.6) is 0 Å². The van der Waals surface area contributed by atoms with Crippen molar-refractivity contribution >= 4 is 23.6 Å². The number of nitrogens with one attached hydrogen (secondary N) is 2. The van der Waals surface area contributed by atoms with E-state index in [4.69, 9.17) is 10.5 Å². The molecule has 7 heteroatoms. The SMILES string of the molecule is CCC[C@@H](C)NC(=O)COC(=O)c1ccc(NC(N)=O)cc1. The van der Waals surface area contributed by atoms with Gasteiger partial charge in [0.1, 0.15) is 0 Å². The Labute approximate surface area is 129 Å². The monoisotopic (exact) mass is 307 g/mol. The largest absolute Gasteiger partial charge is 0.452 e. The lowest BCUT2D eigenvalue weighted by Gasteiger charge is -2.12. The third-order valence-electron chi connectivity index (χ3n) is 2.85. The summed E-state index contributed by atoms with van der Waals surface area (Å²) < 4.78 is 4.93. The summed E-state index contributed by atoms with van der Waals surface area (Å²) in [6.07, 6.45) is 1.83. The molecular formula is C15H21N3O4. The maximum Gasteiger partial charge on any atom is 0.338 e. The third kappa shape index (κ3) is 6.25. The molecule has 7 nitrogen and oxygen atoms in total. The molecule has 0 spiro atoms. The number of urea groups is 1. The first-order valence-electron chi connectivity index (χ1n) is 7.05. The summed E-state index contributed by atoms with van der Waals surface area (Å²) in [5, 5.41) is 5.12. The number of amides is 3. The van der Waals surface area contributed by atoms with Crippen LogP contribution in [0.2, 0.25) is 0 Å². The predicted octanol–water partition coefficient (Wildman–Crippen LogP) is 1.64. The van der Waals surface area contributed by atoms with Crippen LogP contribution in [0.25, 0.3) is 0 Å². The van der Waals surface area contributed by atoms with E-state index in [1.165, 1.54) is 24.3 Å². The summed E-state index contributed by atoms with van der Waals surface area (Å²) in [5.41, 5.74) is 5.73. The maximum absolute atomic E-state index is 11.8. The van der Waals surface area contributed by atoms with Crippen molar-refractivity contribution < 1.29 is 19.1 Å². The van der Waals surface area contributed by atoms with Gasteiger partial charge < -0.3 is 21.1 Å². The minimum absolute atomic E-state index is 0.0513. The molecule has 0 saturated heterocycles. The molecule has 1 aromatic carbocycles. The molecule has 0 bridgehead atoms. The van der Waals surface area contributed by atoms with Gasteiger partial charge in [-0.05, 0) is 37.6 Å². The highest BCUT2D eigenvalue weighted by Crippen LogP contribution is 2.10. The van der Waals surface area contributed by atoms with Gasteiger partial charge in [-0.3, -0.25) is 4.79 Å². The fourth-order valence-corrected chi connectivity index (χ4v) is 1.87. The van der Waals surface area contributed by atoms with E-state index in [9.17, 15) is 14.4 Å². The van der Waals surface area contributed by atoms with Crippen LogP contribution in [0.4, 0.5) is 10.5 Å². The second-order valence-corrected chi connectivity index (χ2v) is 4.90. The van der Waals surface area contributed by atoms with Crippen LogP contribution >= 0.6 is 0 Å². The Morgan fingerprint density at radius 3 is 2.41 bits per heavy atom. The van der Waals surface area contributed by atoms with Crippen LogP contribution in [0, 0.1) is 0 Å². The molecule has 0 fully saturated rings. The molecule has 1 rings (SSSR count). The number of carbonyl (C=O) groups excluding carboxylic acids is 3. The molecule has 1 atom stereocenters. The second-order valence-electron chi connectivity index (χ2n) is 4.90. The second kappa shape index (κ2) is 8.66. The van der Waals surface area contributed by atoms with E-state index in [1.54, 1.807) is 0 Å². The molecular weight excluding hydrogens is 286 g/mol. The molecule has 22 heavy (non-hydrogen) atoms. The number of hydrogen-bond donors (Lipinski definition) is 3. The van der Waals surface area contributed by atoms with Gasteiger partial charge in [-0.15, -0.1) is 0 Å². The molecule has 120 valence electrons. The quantitative estimate of drug-likeness (QED) is 0.665. The van der Waals surface area contributed by atoms with E-state index in [0.29, 0.717) is 5.69 Å². The fourth-order valence-electron chi connectivity index (χ4n) is 1.87. The lowest BCUT2D eigenvalue weighted by Crippen LogP contribution is -2.35. The van der Waals surface area contributed by atoms with E-state index < -0.39 is 12.0 Å². The topological polar surface area (TPSA) is 111 Å². The standard InChI is InChI=1S/C15H21N3O4/c1-3-4-10(2)17-13(19)9-22-14(20)11-5-7-12(8-6-11)18-15(16)21/h5-8,10H,3-4,9H2,1-2H3,(H,17,19)(H3,16,18,21)/t10-/m1/s1. The molecule has 0 saturated carbocycles. The van der Waals surface area contributed by atoms with E-state index in [1.807, 2.05) is 13.8 Å². The van der Waals surface area contributed by atoms with E-state index in [0.717, 1.165) is 12.8 Å². The Morgan fingerprint density at radius 1 is 1.23 bits per heavy atom. The zero-order chi connectivity index (χ0) is 16.5. The summed E-state index contributed by atoms with van der Waals surface area (Å²) in [5.74, 6) is -0.940. The van der Waals surface area contributed by atoms with Crippen LogP contribution in [0.1, 0.15) is 37.0 Å². The Balaban J connectivity index is 2.45. The summed E-state index contributed by atoms with van der Waals surface area (Å²) in [7, 11) is 0. The Hall–Kier alpha value is -2.57. The van der Waals surface area contributed by atoms with Gasteiger partial charge in [0.15, 0.2) is 6.61 Å². The van der Waals surface area contributed by atoms with Gasteiger partial charge in [0.25, 0.3) is 5.91 Å². The molecule has 0 heterocycles. The number of benzene rings is 1. The lowest BCUT2D eigenvalue weighted by molar-refractivity contribution is -0.124. The first-order valence-corrected chi connectivity index (χ1v) is 7.05. The van der Waals surface area contributed by atoms with Crippen LogP contribution in [-0.4, -0.2) is 30.6 Å². The normalized spacial score (nSPS) is 11.4. The zero-order valence-electron chi connectivity index (χ0n) is 12.7. The molecule has 0 aliphatic carbocycles. The molecule has 0 aliphatic heterocycles. The Kier molecular flexibility index (Phi) is 6.88. The van der Waals surface area contributed by atoms with Crippen molar-refractivity contribution in [3.8, 4) is 0 Å². The van der Waals surface area contributed by atoms with Crippen molar-refractivity contribution in [1.29, 1.82) is 0 Å². The van der Waals surface area contributed by atoms with Gasteiger partial charge in [0.05, 0.1) is 5.56 Å². The highest BCUT2D eigenvalue weighted by molar-refractivity contribution is 5.93.